The Balaban J connectivity index is 2.32. The van der Waals surface area contributed by atoms with Gasteiger partial charge in [-0.25, -0.2) is 8.42 Å². The predicted molar refractivity (Wildman–Crippen MR) is 84.5 cm³/mol. The Bertz CT molecular complexity index is 603. The van der Waals surface area contributed by atoms with Gasteiger partial charge in [0.25, 0.3) is 0 Å². The topological polar surface area (TPSA) is 66.6 Å². The maximum absolute atomic E-state index is 12.8. The molecule has 2 rings (SSSR count). The molecule has 0 spiro atoms. The number of benzene rings is 1. The molecule has 118 valence electrons. The molecule has 1 heterocycles. The highest BCUT2D eigenvalue weighted by molar-refractivity contribution is 7.89. The molecule has 0 bridgehead atoms. The average molecular weight is 311 g/mol. The van der Waals surface area contributed by atoms with Crippen molar-refractivity contribution in [2.45, 2.75) is 44.3 Å². The molecule has 2 unspecified atom stereocenters. The van der Waals surface area contributed by atoms with Gasteiger partial charge in [-0.3, -0.25) is 4.90 Å². The summed E-state index contributed by atoms with van der Waals surface area (Å²) in [5.74, 6) is 0. The van der Waals surface area contributed by atoms with Crippen molar-refractivity contribution in [2.75, 3.05) is 20.1 Å². The first-order valence-corrected chi connectivity index (χ1v) is 8.73. The van der Waals surface area contributed by atoms with Crippen LogP contribution < -0.4 is 5.73 Å². The van der Waals surface area contributed by atoms with E-state index in [0.717, 1.165) is 11.1 Å². The highest BCUT2D eigenvalue weighted by Gasteiger charge is 2.34. The molecule has 6 heteroatoms. The minimum atomic E-state index is -3.43. The standard InChI is InChI=1S/C15H25N3O2S/c1-11-7-15(6-5-14(11)8-16)21(19,20)18-9-12(2)17(4)13(3)10-18/h5-7,12-13H,8-10,16H2,1-4H3. The molecule has 0 aliphatic carbocycles. The second-order valence-corrected chi connectivity index (χ2v) is 7.92. The third-order valence-electron chi connectivity index (χ3n) is 4.50. The van der Waals surface area contributed by atoms with Crippen LogP contribution in [0.15, 0.2) is 23.1 Å². The number of aryl methyl sites for hydroxylation is 1. The summed E-state index contributed by atoms with van der Waals surface area (Å²) in [4.78, 5) is 2.58. The van der Waals surface area contributed by atoms with Gasteiger partial charge in [0, 0.05) is 31.7 Å². The highest BCUT2D eigenvalue weighted by atomic mass is 32.2. The number of hydrogen-bond acceptors (Lipinski definition) is 4. The van der Waals surface area contributed by atoms with Crippen molar-refractivity contribution in [3.8, 4) is 0 Å². The molecule has 1 aliphatic heterocycles. The Hall–Kier alpha value is -0.950. The summed E-state index contributed by atoms with van der Waals surface area (Å²) < 4.78 is 27.2. The molecule has 21 heavy (non-hydrogen) atoms. The minimum Gasteiger partial charge on any atom is -0.326 e. The average Bonchev–Trinajstić information content (AvgIpc) is 2.44. The van der Waals surface area contributed by atoms with Gasteiger partial charge in [0.05, 0.1) is 4.90 Å². The van der Waals surface area contributed by atoms with E-state index < -0.39 is 10.0 Å². The second-order valence-electron chi connectivity index (χ2n) is 5.98. The fourth-order valence-corrected chi connectivity index (χ4v) is 4.45. The van der Waals surface area contributed by atoms with E-state index in [0.29, 0.717) is 24.5 Å². The number of hydrogen-bond donors (Lipinski definition) is 1. The normalized spacial score (nSPS) is 25.2. The number of rotatable bonds is 3. The molecule has 5 nitrogen and oxygen atoms in total. The van der Waals surface area contributed by atoms with Crippen molar-refractivity contribution in [1.82, 2.24) is 9.21 Å². The Morgan fingerprint density at radius 1 is 1.24 bits per heavy atom. The third-order valence-corrected chi connectivity index (χ3v) is 6.33. The van der Waals surface area contributed by atoms with E-state index in [1.807, 2.05) is 20.0 Å². The first kappa shape index (κ1) is 16.4. The summed E-state index contributed by atoms with van der Waals surface area (Å²) in [5.41, 5.74) is 7.54. The first-order chi connectivity index (χ1) is 9.77. The zero-order valence-electron chi connectivity index (χ0n) is 13.2. The van der Waals surface area contributed by atoms with Crippen molar-refractivity contribution in [3.63, 3.8) is 0 Å². The Labute approximate surface area is 127 Å². The Morgan fingerprint density at radius 2 is 1.81 bits per heavy atom. The number of nitrogens with zero attached hydrogens (tertiary/aromatic N) is 2. The lowest BCUT2D eigenvalue weighted by atomic mass is 10.1. The molecular weight excluding hydrogens is 286 g/mol. The van der Waals surface area contributed by atoms with E-state index in [9.17, 15) is 8.42 Å². The van der Waals surface area contributed by atoms with E-state index in [2.05, 4.69) is 18.7 Å². The van der Waals surface area contributed by atoms with Crippen LogP contribution >= 0.6 is 0 Å². The predicted octanol–water partition coefficient (Wildman–Crippen LogP) is 1.17. The maximum atomic E-state index is 12.8. The van der Waals surface area contributed by atoms with Crippen LogP contribution in [0.1, 0.15) is 25.0 Å². The van der Waals surface area contributed by atoms with Crippen LogP contribution in [0.5, 0.6) is 0 Å². The SMILES string of the molecule is Cc1cc(S(=O)(=O)N2CC(C)N(C)C(C)C2)ccc1CN. The summed E-state index contributed by atoms with van der Waals surface area (Å²) in [6.07, 6.45) is 0. The molecule has 1 aliphatic rings. The lowest BCUT2D eigenvalue weighted by Gasteiger charge is -2.41. The monoisotopic (exact) mass is 311 g/mol. The molecular formula is C15H25N3O2S. The molecule has 0 radical (unpaired) electrons. The third kappa shape index (κ3) is 3.13. The van der Waals surface area contributed by atoms with Crippen molar-refractivity contribution >= 4 is 10.0 Å². The fourth-order valence-electron chi connectivity index (χ4n) is 2.76. The van der Waals surface area contributed by atoms with E-state index in [-0.39, 0.29) is 12.1 Å². The van der Waals surface area contributed by atoms with Crippen molar-refractivity contribution in [1.29, 1.82) is 0 Å². The molecule has 0 aromatic heterocycles. The quantitative estimate of drug-likeness (QED) is 0.910. The van der Waals surface area contributed by atoms with Gasteiger partial charge in [0.1, 0.15) is 0 Å². The zero-order chi connectivity index (χ0) is 15.8. The Morgan fingerprint density at radius 3 is 2.29 bits per heavy atom. The van der Waals surface area contributed by atoms with Crippen LogP contribution in [0.25, 0.3) is 0 Å². The summed E-state index contributed by atoms with van der Waals surface area (Å²) in [7, 11) is -1.39. The molecule has 0 saturated carbocycles. The van der Waals surface area contributed by atoms with Crippen LogP contribution in [-0.4, -0.2) is 49.8 Å². The zero-order valence-corrected chi connectivity index (χ0v) is 14.0. The molecule has 2 atom stereocenters. The molecule has 0 amide bonds. The van der Waals surface area contributed by atoms with Crippen LogP contribution in [0.2, 0.25) is 0 Å². The molecule has 1 aromatic carbocycles. The van der Waals surface area contributed by atoms with Gasteiger partial charge in [-0.1, -0.05) is 6.07 Å². The largest absolute Gasteiger partial charge is 0.326 e. The highest BCUT2D eigenvalue weighted by Crippen LogP contribution is 2.23. The summed E-state index contributed by atoms with van der Waals surface area (Å²) in [6, 6.07) is 5.63. The first-order valence-electron chi connectivity index (χ1n) is 7.29. The summed E-state index contributed by atoms with van der Waals surface area (Å²) >= 11 is 0. The van der Waals surface area contributed by atoms with Gasteiger partial charge in [-0.15, -0.1) is 0 Å². The van der Waals surface area contributed by atoms with Crippen LogP contribution in [0.4, 0.5) is 0 Å². The van der Waals surface area contributed by atoms with Crippen molar-refractivity contribution in [3.05, 3.63) is 29.3 Å². The van der Waals surface area contributed by atoms with Crippen molar-refractivity contribution in [2.24, 2.45) is 5.73 Å². The smallest absolute Gasteiger partial charge is 0.243 e. The number of sulfonamides is 1. The van der Waals surface area contributed by atoms with Gasteiger partial charge < -0.3 is 5.73 Å². The van der Waals surface area contributed by atoms with Gasteiger partial charge in [0.15, 0.2) is 0 Å². The second kappa shape index (κ2) is 6.04. The molecule has 1 saturated heterocycles. The van der Waals surface area contributed by atoms with Gasteiger partial charge >= 0.3 is 0 Å². The number of likely N-dealkylation sites (N-methyl/N-ethyl adjacent to an activating group) is 1. The van der Waals surface area contributed by atoms with Gasteiger partial charge in [-0.05, 0) is 51.1 Å². The van der Waals surface area contributed by atoms with Gasteiger partial charge in [-0.2, -0.15) is 4.31 Å². The lowest BCUT2D eigenvalue weighted by Crippen LogP contribution is -2.56. The van der Waals surface area contributed by atoms with Gasteiger partial charge in [0.2, 0.25) is 10.0 Å². The molecule has 1 aromatic rings. The number of nitrogens with two attached hydrogens (primary N) is 1. The van der Waals surface area contributed by atoms with E-state index in [4.69, 9.17) is 5.73 Å². The Kier molecular flexibility index (Phi) is 4.72. The van der Waals surface area contributed by atoms with Crippen LogP contribution in [0.3, 0.4) is 0 Å². The molecule has 2 N–H and O–H groups in total. The van der Waals surface area contributed by atoms with E-state index in [1.165, 1.54) is 0 Å². The van der Waals surface area contributed by atoms with Crippen LogP contribution in [0, 0.1) is 6.92 Å². The van der Waals surface area contributed by atoms with Crippen molar-refractivity contribution < 1.29 is 8.42 Å². The van der Waals surface area contributed by atoms with E-state index >= 15 is 0 Å². The summed E-state index contributed by atoms with van der Waals surface area (Å²) in [5, 5.41) is 0. The summed E-state index contributed by atoms with van der Waals surface area (Å²) in [6.45, 7) is 7.49. The van der Waals surface area contributed by atoms with E-state index in [1.54, 1.807) is 16.4 Å². The maximum Gasteiger partial charge on any atom is 0.243 e. The van der Waals surface area contributed by atoms with Crippen LogP contribution in [-0.2, 0) is 16.6 Å². The fraction of sp³-hybridized carbons (Fsp3) is 0.600. The minimum absolute atomic E-state index is 0.216. The molecule has 1 fully saturated rings. The lowest BCUT2D eigenvalue weighted by molar-refractivity contribution is 0.105. The number of piperazine rings is 1.